The first-order valence-electron chi connectivity index (χ1n) is 10.5. The van der Waals surface area contributed by atoms with Gasteiger partial charge in [-0.25, -0.2) is 8.42 Å². The molecule has 4 aromatic carbocycles. The van der Waals surface area contributed by atoms with Crippen LogP contribution in [0, 0.1) is 10.1 Å². The maximum absolute atomic E-state index is 12.1. The van der Waals surface area contributed by atoms with Crippen molar-refractivity contribution in [2.45, 2.75) is 9.79 Å². The Balaban J connectivity index is 0.00000441. The summed E-state index contributed by atoms with van der Waals surface area (Å²) in [6.07, 6.45) is 0. The van der Waals surface area contributed by atoms with Gasteiger partial charge in [0.25, 0.3) is 15.8 Å². The number of azo groups is 2. The second-order valence-electron chi connectivity index (χ2n) is 7.75. The molecule has 0 spiro atoms. The fourth-order valence-electron chi connectivity index (χ4n) is 3.45. The third kappa shape index (κ3) is 6.48. The van der Waals surface area contributed by atoms with Crippen molar-refractivity contribution in [3.05, 3.63) is 76.8 Å². The fraction of sp³-hybridized carbons (Fsp3) is 0. The summed E-state index contributed by atoms with van der Waals surface area (Å²) < 4.78 is 70.0. The molecule has 18 heteroatoms. The molecule has 0 unspecified atom stereocenters. The quantitative estimate of drug-likeness (QED) is 0.0700. The third-order valence-electron chi connectivity index (χ3n) is 5.21. The molecule has 0 bridgehead atoms. The Morgan fingerprint density at radius 1 is 0.800 bits per heavy atom. The average Bonchev–Trinajstić information content (AvgIpc) is 2.86. The number of phenols is 1. The van der Waals surface area contributed by atoms with E-state index in [1.54, 1.807) is 18.2 Å². The number of nitrogen functional groups attached to an aromatic ring is 1. The number of rotatable bonds is 7. The zero-order chi connectivity index (χ0) is 28.5. The van der Waals surface area contributed by atoms with Gasteiger partial charge in [-0.2, -0.15) is 18.6 Å². The molecule has 0 saturated carbocycles. The summed E-state index contributed by atoms with van der Waals surface area (Å²) in [7, 11) is -10.3. The number of fused-ring (bicyclic) bond motifs is 1. The van der Waals surface area contributed by atoms with E-state index in [0.717, 1.165) is 18.2 Å². The Hall–Kier alpha value is -3.84. The van der Waals surface area contributed by atoms with Gasteiger partial charge in [0.05, 0.1) is 32.3 Å². The predicted molar refractivity (Wildman–Crippen MR) is 136 cm³/mol. The van der Waals surface area contributed by atoms with Crippen LogP contribution in [0.1, 0.15) is 0 Å². The van der Waals surface area contributed by atoms with Crippen LogP contribution in [0.5, 0.6) is 5.75 Å². The molecule has 0 aliphatic carbocycles. The number of anilines is 1. The summed E-state index contributed by atoms with van der Waals surface area (Å²) in [5.74, 6) is -0.918. The van der Waals surface area contributed by atoms with Gasteiger partial charge in [0, 0.05) is 12.1 Å². The number of hydrogen-bond acceptors (Lipinski definition) is 13. The summed E-state index contributed by atoms with van der Waals surface area (Å²) in [4.78, 5) is 8.22. The van der Waals surface area contributed by atoms with E-state index in [2.05, 4.69) is 20.5 Å². The minimum atomic E-state index is -5.30. The Labute approximate surface area is 248 Å². The number of hydrogen-bond donors (Lipinski definition) is 3. The first-order valence-corrected chi connectivity index (χ1v) is 13.3. The molecule has 40 heavy (non-hydrogen) atoms. The molecule has 200 valence electrons. The van der Waals surface area contributed by atoms with Gasteiger partial charge in [-0.3, -0.25) is 14.7 Å². The first-order chi connectivity index (χ1) is 18.3. The van der Waals surface area contributed by atoms with Crippen molar-refractivity contribution < 1.29 is 65.5 Å². The Morgan fingerprint density at radius 3 is 1.85 bits per heavy atom. The van der Waals surface area contributed by atoms with Crippen LogP contribution in [0.2, 0.25) is 0 Å². The van der Waals surface area contributed by atoms with E-state index in [1.807, 2.05) is 0 Å². The molecular weight excluding hydrogens is 579 g/mol. The van der Waals surface area contributed by atoms with E-state index in [-0.39, 0.29) is 57.4 Å². The minimum Gasteiger partial charge on any atom is -0.744 e. The van der Waals surface area contributed by atoms with Gasteiger partial charge < -0.3 is 15.4 Å². The Bertz CT molecular complexity index is 1900. The van der Waals surface area contributed by atoms with E-state index in [4.69, 9.17) is 5.73 Å². The smallest absolute Gasteiger partial charge is 0.744 e. The molecule has 0 aromatic heterocycles. The van der Waals surface area contributed by atoms with Crippen molar-refractivity contribution in [1.82, 2.24) is 0 Å². The van der Waals surface area contributed by atoms with Gasteiger partial charge in [-0.05, 0) is 41.8 Å². The molecule has 0 atom stereocenters. The summed E-state index contributed by atoms with van der Waals surface area (Å²) in [6.45, 7) is 0. The van der Waals surface area contributed by atoms with Crippen LogP contribution in [-0.2, 0) is 20.2 Å². The van der Waals surface area contributed by atoms with E-state index >= 15 is 0 Å². The molecule has 0 fully saturated rings. The summed E-state index contributed by atoms with van der Waals surface area (Å²) >= 11 is 0. The van der Waals surface area contributed by atoms with Gasteiger partial charge in [0.15, 0.2) is 5.75 Å². The van der Waals surface area contributed by atoms with Crippen LogP contribution < -0.4 is 35.3 Å². The summed E-state index contributed by atoms with van der Waals surface area (Å²) in [5, 5.41) is 36.1. The summed E-state index contributed by atoms with van der Waals surface area (Å²) in [5.41, 5.74) is 4.11. The molecule has 0 aliphatic heterocycles. The van der Waals surface area contributed by atoms with Crippen LogP contribution >= 0.6 is 0 Å². The van der Waals surface area contributed by atoms with Crippen LogP contribution in [0.4, 0.5) is 34.1 Å². The topological polar surface area (TPSA) is 250 Å². The van der Waals surface area contributed by atoms with Crippen molar-refractivity contribution in [3.63, 3.8) is 0 Å². The molecule has 15 nitrogen and oxygen atoms in total. The molecule has 0 radical (unpaired) electrons. The largest absolute Gasteiger partial charge is 1.00 e. The van der Waals surface area contributed by atoms with Crippen LogP contribution in [0.25, 0.3) is 10.8 Å². The van der Waals surface area contributed by atoms with E-state index < -0.39 is 57.8 Å². The van der Waals surface area contributed by atoms with Gasteiger partial charge in [0.1, 0.15) is 26.4 Å². The Kier molecular flexibility index (Phi) is 9.00. The number of nitrogens with zero attached hydrogens (tertiary/aromatic N) is 5. The molecule has 4 N–H and O–H groups in total. The monoisotopic (exact) mass is 594 g/mol. The summed E-state index contributed by atoms with van der Waals surface area (Å²) in [6, 6.07) is 14.0. The first kappa shape index (κ1) is 30.7. The van der Waals surface area contributed by atoms with Gasteiger partial charge in [-0.1, -0.05) is 18.2 Å². The molecule has 4 rings (SSSR count). The maximum atomic E-state index is 12.1. The number of nitrogens with two attached hydrogens (primary N) is 1. The van der Waals surface area contributed by atoms with Gasteiger partial charge >= 0.3 is 29.6 Å². The molecule has 0 amide bonds. The number of phenolic OH excluding ortho intramolecular Hbond substituents is 1. The predicted octanol–water partition coefficient (Wildman–Crippen LogP) is 2.02. The zero-order valence-corrected chi connectivity index (χ0v) is 23.9. The van der Waals surface area contributed by atoms with Crippen LogP contribution in [0.15, 0.2) is 97.0 Å². The number of nitro benzene ring substituents is 1. The average molecular weight is 595 g/mol. The second kappa shape index (κ2) is 11.7. The molecule has 4 aromatic rings. The van der Waals surface area contributed by atoms with Gasteiger partial charge in [-0.15, -0.1) is 10.2 Å². The number of nitro groups is 1. The molecule has 0 heterocycles. The number of aromatic hydroxyl groups is 1. The zero-order valence-electron chi connectivity index (χ0n) is 20.2. The van der Waals surface area contributed by atoms with E-state index in [0.29, 0.717) is 6.07 Å². The van der Waals surface area contributed by atoms with E-state index in [1.165, 1.54) is 24.3 Å². The van der Waals surface area contributed by atoms with Crippen molar-refractivity contribution in [2.75, 3.05) is 5.73 Å². The minimum absolute atomic E-state index is 0. The standard InChI is InChI=1S/C22H16N6O9S2.Na/c23-19-18-12(11-17(39(35,36)37)21(22(18)29)27-24-13-4-2-1-3-5-13)10-16(38(32,33)34)20(19)26-25-14-6-8-15(9-7-14)28(30)31;/h1-11,29H,23H2,(H,32,33,34)(H,35,36,37);/q;+1/p-1. The molecule has 0 aliphatic rings. The van der Waals surface area contributed by atoms with Gasteiger partial charge in [0.2, 0.25) is 0 Å². The van der Waals surface area contributed by atoms with Crippen LogP contribution in [-0.4, -0.2) is 36.0 Å². The maximum Gasteiger partial charge on any atom is 1.00 e. The van der Waals surface area contributed by atoms with Crippen LogP contribution in [0.3, 0.4) is 0 Å². The van der Waals surface area contributed by atoms with Crippen molar-refractivity contribution in [2.24, 2.45) is 20.5 Å². The van der Waals surface area contributed by atoms with E-state index in [9.17, 15) is 41.2 Å². The molecular formula is C22H15N6NaO9S2. The fourth-order valence-corrected chi connectivity index (χ4v) is 4.77. The second-order valence-corrected chi connectivity index (χ2v) is 10.5. The normalized spacial score (nSPS) is 12.2. The van der Waals surface area contributed by atoms with Crippen molar-refractivity contribution in [3.8, 4) is 5.75 Å². The SMILES string of the molecule is Nc1c(N=Nc2ccc([N+](=O)[O-])cc2)c(S(=O)(=O)[O-])cc2cc(S(=O)(=O)O)c(N=Nc3ccccc3)c(O)c12.[Na+]. The Morgan fingerprint density at radius 2 is 1.32 bits per heavy atom. The molecule has 0 saturated heterocycles. The number of benzene rings is 4. The van der Waals surface area contributed by atoms with Crippen molar-refractivity contribution >= 4 is 65.1 Å². The number of non-ortho nitro benzene ring substituents is 1. The third-order valence-corrected chi connectivity index (χ3v) is 6.93. The van der Waals surface area contributed by atoms with Crippen molar-refractivity contribution in [1.29, 1.82) is 0 Å².